The first-order valence-corrected chi connectivity index (χ1v) is 6.80. The summed E-state index contributed by atoms with van der Waals surface area (Å²) in [7, 11) is 0.627. The number of aliphatic hydroxyl groups excluding tert-OH is 1. The summed E-state index contributed by atoms with van der Waals surface area (Å²) in [5, 5.41) is 8.83. The minimum atomic E-state index is -1.04. The van der Waals surface area contributed by atoms with Gasteiger partial charge in [-0.2, -0.15) is 0 Å². The summed E-state index contributed by atoms with van der Waals surface area (Å²) < 4.78 is 13.3. The van der Waals surface area contributed by atoms with Crippen LogP contribution in [0.15, 0.2) is 0 Å². The molecule has 0 amide bonds. The molecule has 0 aromatic carbocycles. The summed E-state index contributed by atoms with van der Waals surface area (Å²) in [6.45, 7) is 12.0. The predicted octanol–water partition coefficient (Wildman–Crippen LogP) is 3.17. The molecule has 0 aromatic rings. The van der Waals surface area contributed by atoms with Gasteiger partial charge in [-0.3, -0.25) is 0 Å². The zero-order valence-corrected chi connectivity index (χ0v) is 22.1. The summed E-state index contributed by atoms with van der Waals surface area (Å²) in [6, 6.07) is 0.749. The Morgan fingerprint density at radius 3 is 1.89 bits per heavy atom. The van der Waals surface area contributed by atoms with Crippen molar-refractivity contribution in [2.75, 3.05) is 13.7 Å². The van der Waals surface area contributed by atoms with Crippen LogP contribution in [0.4, 0.5) is 0 Å². The molecule has 1 radical (unpaired) electrons. The van der Waals surface area contributed by atoms with E-state index in [-0.39, 0.29) is 81.1 Å². The molecule has 0 fully saturated rings. The molecule has 0 bridgehead atoms. The fraction of sp³-hybridized carbons (Fsp3) is 0.909. The molecule has 1 N–H and O–H groups in total. The number of hydrogen-bond acceptors (Lipinski definition) is 4. The van der Waals surface area contributed by atoms with Gasteiger partial charge in [0.1, 0.15) is 0 Å². The van der Waals surface area contributed by atoms with E-state index in [4.69, 9.17) is 14.2 Å². The van der Waals surface area contributed by atoms with Crippen molar-refractivity contribution in [3.8, 4) is 0 Å². The second kappa shape index (κ2) is 14.7. The zero-order chi connectivity index (χ0) is 12.7. The summed E-state index contributed by atoms with van der Waals surface area (Å²) in [5.74, 6) is 0.0290. The van der Waals surface area contributed by atoms with Gasteiger partial charge in [0.05, 0.1) is 0 Å². The SMILES string of the molecule is COP(OCC(C)[CH-]O)N(C(C)C)C(C)C.[Ac].[U]. The molecule has 0 aliphatic carbocycles. The fourth-order valence-electron chi connectivity index (χ4n) is 1.41. The van der Waals surface area contributed by atoms with Gasteiger partial charge in [0.15, 0.2) is 0 Å². The second-order valence-corrected chi connectivity index (χ2v) is 5.97. The first kappa shape index (κ1) is 25.7. The first-order chi connectivity index (χ1) is 7.43. The van der Waals surface area contributed by atoms with Crippen LogP contribution < -0.4 is 0 Å². The van der Waals surface area contributed by atoms with Gasteiger partial charge in [-0.1, -0.05) is 6.92 Å². The summed E-state index contributed by atoms with van der Waals surface area (Å²) >= 11 is 0. The van der Waals surface area contributed by atoms with E-state index in [0.717, 1.165) is 6.61 Å². The van der Waals surface area contributed by atoms with Crippen molar-refractivity contribution in [2.45, 2.75) is 46.7 Å². The molecule has 0 aliphatic rings. The van der Waals surface area contributed by atoms with Crippen molar-refractivity contribution < 1.29 is 89.3 Å². The third-order valence-corrected chi connectivity index (χ3v) is 4.09. The molecule has 105 valence electrons. The molecule has 0 aromatic heterocycles. The Morgan fingerprint density at radius 2 is 1.61 bits per heavy atom. The van der Waals surface area contributed by atoms with Gasteiger partial charge in [-0.25, -0.2) is 11.3 Å². The monoisotopic (exact) mass is 715 g/mol. The van der Waals surface area contributed by atoms with E-state index >= 15 is 0 Å². The molecule has 0 saturated heterocycles. The van der Waals surface area contributed by atoms with Gasteiger partial charge >= 0.3 is 0 Å². The Labute approximate surface area is 173 Å². The van der Waals surface area contributed by atoms with Crippen molar-refractivity contribution in [3.63, 3.8) is 0 Å². The minimum absolute atomic E-state index is 0. The van der Waals surface area contributed by atoms with E-state index in [2.05, 4.69) is 32.4 Å². The van der Waals surface area contributed by atoms with Crippen LogP contribution in [0.2, 0.25) is 0 Å². The molecule has 0 saturated carbocycles. The molecule has 0 aliphatic heterocycles. The number of nitrogens with zero attached hydrogens (tertiary/aromatic N) is 1. The third-order valence-electron chi connectivity index (χ3n) is 2.11. The van der Waals surface area contributed by atoms with Gasteiger partial charge in [0.25, 0.3) is 8.53 Å². The quantitative estimate of drug-likeness (QED) is 0.310. The van der Waals surface area contributed by atoms with E-state index in [1.165, 1.54) is 0 Å². The maximum Gasteiger partial charge on any atom is 0.258 e. The first-order valence-electron chi connectivity index (χ1n) is 5.67. The summed E-state index contributed by atoms with van der Waals surface area (Å²) in [6.07, 6.45) is 0. The molecule has 4 nitrogen and oxygen atoms in total. The molecule has 0 spiro atoms. The van der Waals surface area contributed by atoms with Crippen LogP contribution in [0.25, 0.3) is 0 Å². The van der Waals surface area contributed by atoms with Crippen molar-refractivity contribution in [1.82, 2.24) is 4.67 Å². The standard InChI is InChI=1S/C11H25NO3P.Ac.U/c1-9(2)12(10(3)4)16(14-6)15-8-11(5)7-13;;/h7,9-11,13H,8H2,1-6H3;;/q-1;;. The van der Waals surface area contributed by atoms with Gasteiger partial charge in [-0.15, -0.1) is 5.92 Å². The second-order valence-electron chi connectivity index (χ2n) is 4.41. The van der Waals surface area contributed by atoms with Crippen molar-refractivity contribution in [3.05, 3.63) is 6.61 Å². The van der Waals surface area contributed by atoms with Gasteiger partial charge in [-0.05, 0) is 27.7 Å². The Balaban J connectivity index is -0.00000112. The van der Waals surface area contributed by atoms with E-state index < -0.39 is 8.53 Å². The molecule has 2 unspecified atom stereocenters. The van der Waals surface area contributed by atoms with E-state index in [9.17, 15) is 0 Å². The van der Waals surface area contributed by atoms with Gasteiger partial charge in [0.2, 0.25) is 0 Å². The molecule has 0 heterocycles. The Kier molecular flexibility index (Phi) is 21.0. The summed E-state index contributed by atoms with van der Waals surface area (Å²) in [4.78, 5) is 0. The Bertz CT molecular complexity index is 182. The maximum atomic E-state index is 8.83. The smallest absolute Gasteiger partial charge is 0.258 e. The normalized spacial score (nSPS) is 14.3. The van der Waals surface area contributed by atoms with Crippen LogP contribution in [0.3, 0.4) is 0 Å². The third kappa shape index (κ3) is 10.5. The van der Waals surface area contributed by atoms with Crippen LogP contribution >= 0.6 is 8.53 Å². The van der Waals surface area contributed by atoms with Gasteiger partial charge < -0.3 is 14.2 Å². The summed E-state index contributed by atoms with van der Waals surface area (Å²) in [5.41, 5.74) is 0. The Hall–Kier alpha value is 2.76. The molecule has 18 heavy (non-hydrogen) atoms. The molecular formula is C11H25AcNO3PU-. The van der Waals surface area contributed by atoms with Crippen LogP contribution in [0.5, 0.6) is 0 Å². The largest absolute Gasteiger partial charge is 0.566 e. The minimum Gasteiger partial charge on any atom is -0.566 e. The van der Waals surface area contributed by atoms with Crippen molar-refractivity contribution in [2.24, 2.45) is 5.92 Å². The molecular weight excluding hydrogens is 690 g/mol. The average Bonchev–Trinajstić information content (AvgIpc) is 2.21. The molecule has 0 rings (SSSR count). The zero-order valence-electron chi connectivity index (χ0n) is 12.3. The van der Waals surface area contributed by atoms with Crippen LogP contribution in [0, 0.1) is 87.7 Å². The van der Waals surface area contributed by atoms with E-state index in [0.29, 0.717) is 18.7 Å². The molecule has 7 heteroatoms. The number of hydrogen-bond donors (Lipinski definition) is 1. The van der Waals surface area contributed by atoms with Crippen LogP contribution in [0.1, 0.15) is 34.6 Å². The van der Waals surface area contributed by atoms with Gasteiger partial charge in [0, 0.05) is 101 Å². The average molecular weight is 715 g/mol. The maximum absolute atomic E-state index is 8.83. The van der Waals surface area contributed by atoms with Crippen LogP contribution in [-0.4, -0.2) is 35.6 Å². The fourth-order valence-corrected chi connectivity index (χ4v) is 2.96. The van der Waals surface area contributed by atoms with Crippen LogP contribution in [-0.2, 0) is 9.05 Å². The number of aliphatic hydroxyl groups is 1. The van der Waals surface area contributed by atoms with E-state index in [1.807, 2.05) is 6.92 Å². The Morgan fingerprint density at radius 1 is 1.17 bits per heavy atom. The number of rotatable bonds is 8. The van der Waals surface area contributed by atoms with Crippen molar-refractivity contribution in [1.29, 1.82) is 0 Å². The van der Waals surface area contributed by atoms with Crippen molar-refractivity contribution >= 4 is 8.53 Å². The predicted molar refractivity (Wildman–Crippen MR) is 67.4 cm³/mol. The topological polar surface area (TPSA) is 41.9 Å². The van der Waals surface area contributed by atoms with E-state index in [1.54, 1.807) is 7.11 Å². The molecule has 2 atom stereocenters.